The predicted octanol–water partition coefficient (Wildman–Crippen LogP) is 6.50. The van der Waals surface area contributed by atoms with Crippen LogP contribution in [0.3, 0.4) is 0 Å². The van der Waals surface area contributed by atoms with Crippen molar-refractivity contribution in [1.29, 1.82) is 0 Å². The summed E-state index contributed by atoms with van der Waals surface area (Å²) in [5.41, 5.74) is 1.35. The lowest BCUT2D eigenvalue weighted by molar-refractivity contribution is 0.151. The molecule has 1 aromatic carbocycles. The Balaban J connectivity index is 0.00000186. The van der Waals surface area contributed by atoms with Crippen LogP contribution >= 0.6 is 11.6 Å². The molecule has 1 fully saturated rings. The molecule has 200 valence electrons. The lowest BCUT2D eigenvalue weighted by Gasteiger charge is -2.37. The predicted molar refractivity (Wildman–Crippen MR) is 146 cm³/mol. The summed E-state index contributed by atoms with van der Waals surface area (Å²) in [5, 5.41) is 0.0428. The molecule has 3 heterocycles. The molecule has 2 aliphatic rings. The van der Waals surface area contributed by atoms with Crippen molar-refractivity contribution >= 4 is 34.9 Å². The van der Waals surface area contributed by atoms with Crippen molar-refractivity contribution in [2.24, 2.45) is 9.98 Å². The number of aromatic nitrogens is 1. The van der Waals surface area contributed by atoms with Gasteiger partial charge in [0.1, 0.15) is 17.5 Å². The lowest BCUT2D eigenvalue weighted by atomic mass is 10.1. The number of hydrogen-bond acceptors (Lipinski definition) is 6. The van der Waals surface area contributed by atoms with E-state index in [-0.39, 0.29) is 10.6 Å². The van der Waals surface area contributed by atoms with Crippen molar-refractivity contribution in [3.63, 3.8) is 0 Å². The summed E-state index contributed by atoms with van der Waals surface area (Å²) in [7, 11) is 1.94. The molecule has 4 rings (SSSR count). The van der Waals surface area contributed by atoms with Gasteiger partial charge in [-0.25, -0.2) is 23.1 Å². The Labute approximate surface area is 222 Å². The summed E-state index contributed by atoms with van der Waals surface area (Å²) >= 11 is 6.01. The number of guanidine groups is 1. The topological polar surface area (TPSA) is 47.3 Å². The summed E-state index contributed by atoms with van der Waals surface area (Å²) in [4.78, 5) is 19.9. The molecule has 0 amide bonds. The molecule has 6 nitrogen and oxygen atoms in total. The molecule has 0 atom stereocenters. The lowest BCUT2D eigenvalue weighted by Crippen LogP contribution is -2.49. The van der Waals surface area contributed by atoms with Gasteiger partial charge < -0.3 is 14.7 Å². The van der Waals surface area contributed by atoms with Gasteiger partial charge in [0.15, 0.2) is 0 Å². The first-order valence-corrected chi connectivity index (χ1v) is 13.0. The number of alkyl halides is 2. The van der Waals surface area contributed by atoms with Crippen molar-refractivity contribution in [3.05, 3.63) is 64.6 Å². The second-order valence-corrected chi connectivity index (χ2v) is 8.88. The van der Waals surface area contributed by atoms with Crippen LogP contribution in [-0.2, 0) is 0 Å². The van der Waals surface area contributed by atoms with Crippen molar-refractivity contribution in [3.8, 4) is 0 Å². The standard InChI is InChI=1S/C25H28ClF3N6.C2H6/c1-3-11-33(2)25-31-21(17-6-7-20(27)19(26)16-17)8-9-22(32-25)34-12-14-35(15-13-34)24-18(23(28)29)5-4-10-30-24;1-2/h4-8,10,16,23H,3,9,11-15H2,1-2H3;1-2H3. The van der Waals surface area contributed by atoms with Gasteiger partial charge in [-0.1, -0.05) is 38.4 Å². The van der Waals surface area contributed by atoms with Crippen LogP contribution in [-0.4, -0.2) is 66.4 Å². The second-order valence-electron chi connectivity index (χ2n) is 8.47. The van der Waals surface area contributed by atoms with Crippen LogP contribution in [0.4, 0.5) is 19.0 Å². The van der Waals surface area contributed by atoms with Crippen LogP contribution in [0.25, 0.3) is 5.70 Å². The molecule has 2 aliphatic heterocycles. The van der Waals surface area contributed by atoms with E-state index in [1.54, 1.807) is 18.3 Å². The third kappa shape index (κ3) is 7.03. The van der Waals surface area contributed by atoms with Gasteiger partial charge in [0.2, 0.25) is 5.96 Å². The van der Waals surface area contributed by atoms with E-state index in [0.717, 1.165) is 24.4 Å². The molecular formula is C27H34ClF3N6. The zero-order chi connectivity index (χ0) is 26.9. The minimum absolute atomic E-state index is 0.0428. The van der Waals surface area contributed by atoms with E-state index in [4.69, 9.17) is 21.6 Å². The number of aliphatic imine (C=N–C) groups is 2. The fourth-order valence-corrected chi connectivity index (χ4v) is 4.37. The number of amidine groups is 1. The Morgan fingerprint density at radius 1 is 1.05 bits per heavy atom. The van der Waals surface area contributed by atoms with Gasteiger partial charge in [0, 0.05) is 58.0 Å². The Bertz CT molecular complexity index is 1140. The van der Waals surface area contributed by atoms with Crippen molar-refractivity contribution in [2.75, 3.05) is 44.7 Å². The quantitative estimate of drug-likeness (QED) is 0.439. The summed E-state index contributed by atoms with van der Waals surface area (Å²) < 4.78 is 40.6. The molecule has 0 unspecified atom stereocenters. The Hall–Kier alpha value is -3.07. The molecule has 0 bridgehead atoms. The highest BCUT2D eigenvalue weighted by atomic mass is 35.5. The molecular weight excluding hydrogens is 501 g/mol. The molecule has 1 saturated heterocycles. The summed E-state index contributed by atoms with van der Waals surface area (Å²) in [6, 6.07) is 7.52. The molecule has 0 aliphatic carbocycles. The first kappa shape index (κ1) is 28.5. The van der Waals surface area contributed by atoms with E-state index in [1.165, 1.54) is 18.2 Å². The zero-order valence-corrected chi connectivity index (χ0v) is 22.5. The van der Waals surface area contributed by atoms with Crippen LogP contribution in [0.5, 0.6) is 0 Å². The fraction of sp³-hybridized carbons (Fsp3) is 0.444. The largest absolute Gasteiger partial charge is 0.356 e. The van der Waals surface area contributed by atoms with Gasteiger partial charge in [-0.05, 0) is 36.8 Å². The fourth-order valence-electron chi connectivity index (χ4n) is 4.19. The molecule has 1 aromatic heterocycles. The Kier molecular flexibility index (Phi) is 10.4. The SMILES string of the molecule is CC.CCCN(C)C1=NC(c2ccc(F)c(Cl)c2)=CCC(N2CCN(c3ncccc3C(F)F)CC2)=N1. The third-order valence-electron chi connectivity index (χ3n) is 6.04. The Morgan fingerprint density at radius 3 is 2.41 bits per heavy atom. The van der Waals surface area contributed by atoms with E-state index < -0.39 is 12.2 Å². The number of pyridine rings is 1. The summed E-state index contributed by atoms with van der Waals surface area (Å²) in [6.07, 6.45) is 2.40. The molecule has 0 N–H and O–H groups in total. The monoisotopic (exact) mass is 534 g/mol. The van der Waals surface area contributed by atoms with Gasteiger partial charge in [0.25, 0.3) is 6.43 Å². The van der Waals surface area contributed by atoms with Gasteiger partial charge >= 0.3 is 0 Å². The van der Waals surface area contributed by atoms with Crippen molar-refractivity contribution < 1.29 is 13.2 Å². The highest BCUT2D eigenvalue weighted by molar-refractivity contribution is 6.30. The van der Waals surface area contributed by atoms with E-state index in [9.17, 15) is 13.2 Å². The molecule has 37 heavy (non-hydrogen) atoms. The van der Waals surface area contributed by atoms with Crippen molar-refractivity contribution in [2.45, 2.75) is 40.0 Å². The van der Waals surface area contributed by atoms with Crippen LogP contribution < -0.4 is 4.90 Å². The molecule has 0 spiro atoms. The van der Waals surface area contributed by atoms with Crippen LogP contribution in [0, 0.1) is 5.82 Å². The first-order chi connectivity index (χ1) is 17.9. The first-order valence-electron chi connectivity index (χ1n) is 12.6. The number of halogens is 4. The van der Waals surface area contributed by atoms with E-state index in [2.05, 4.69) is 16.8 Å². The molecule has 2 aromatic rings. The minimum Gasteiger partial charge on any atom is -0.356 e. The van der Waals surface area contributed by atoms with Crippen LogP contribution in [0.1, 0.15) is 51.2 Å². The number of piperazine rings is 1. The Morgan fingerprint density at radius 2 is 1.76 bits per heavy atom. The molecule has 10 heteroatoms. The maximum absolute atomic E-state index is 13.7. The van der Waals surface area contributed by atoms with Crippen molar-refractivity contribution in [1.82, 2.24) is 14.8 Å². The number of anilines is 1. The number of benzene rings is 1. The zero-order valence-electron chi connectivity index (χ0n) is 21.8. The summed E-state index contributed by atoms with van der Waals surface area (Å²) in [6.45, 7) is 9.20. The normalized spacial score (nSPS) is 15.9. The maximum atomic E-state index is 13.7. The molecule has 0 saturated carbocycles. The smallest absolute Gasteiger partial charge is 0.267 e. The van der Waals surface area contributed by atoms with Gasteiger partial charge in [0.05, 0.1) is 16.3 Å². The van der Waals surface area contributed by atoms with Gasteiger partial charge in [-0.2, -0.15) is 4.99 Å². The van der Waals surface area contributed by atoms with E-state index in [0.29, 0.717) is 50.1 Å². The van der Waals surface area contributed by atoms with Gasteiger partial charge in [-0.3, -0.25) is 0 Å². The average molecular weight is 535 g/mol. The van der Waals surface area contributed by atoms with E-state index >= 15 is 0 Å². The number of nitrogens with zero attached hydrogens (tertiary/aromatic N) is 6. The van der Waals surface area contributed by atoms with Crippen LogP contribution in [0.15, 0.2) is 52.6 Å². The third-order valence-corrected chi connectivity index (χ3v) is 6.33. The average Bonchev–Trinajstić information content (AvgIpc) is 3.15. The highest BCUT2D eigenvalue weighted by Crippen LogP contribution is 2.29. The highest BCUT2D eigenvalue weighted by Gasteiger charge is 2.26. The number of hydrogen-bond donors (Lipinski definition) is 0. The second kappa shape index (κ2) is 13.5. The maximum Gasteiger partial charge on any atom is 0.267 e. The minimum atomic E-state index is -2.57. The number of rotatable bonds is 5. The van der Waals surface area contributed by atoms with Crippen LogP contribution in [0.2, 0.25) is 5.02 Å². The van der Waals surface area contributed by atoms with E-state index in [1.807, 2.05) is 36.8 Å². The summed E-state index contributed by atoms with van der Waals surface area (Å²) in [5.74, 6) is 1.28. The van der Waals surface area contributed by atoms with Gasteiger partial charge in [-0.15, -0.1) is 0 Å². The molecule has 0 radical (unpaired) electrons.